The van der Waals surface area contributed by atoms with Crippen LogP contribution in [-0.2, 0) is 10.0 Å². The van der Waals surface area contributed by atoms with Crippen molar-refractivity contribution in [3.63, 3.8) is 0 Å². The van der Waals surface area contributed by atoms with Gasteiger partial charge in [0, 0.05) is 23.8 Å². The highest BCUT2D eigenvalue weighted by atomic mass is 35.5. The van der Waals surface area contributed by atoms with E-state index in [9.17, 15) is 8.42 Å². The summed E-state index contributed by atoms with van der Waals surface area (Å²) >= 11 is 5.86. The van der Waals surface area contributed by atoms with Gasteiger partial charge in [0.2, 0.25) is 10.0 Å². The minimum absolute atomic E-state index is 0.186. The van der Waals surface area contributed by atoms with Gasteiger partial charge >= 0.3 is 0 Å². The zero-order chi connectivity index (χ0) is 13.2. The Hall–Kier alpha value is -0.780. The molecular weight excluding hydrogens is 260 g/mol. The van der Waals surface area contributed by atoms with Crippen LogP contribution in [-0.4, -0.2) is 25.8 Å². The number of benzene rings is 1. The van der Waals surface area contributed by atoms with Gasteiger partial charge in [-0.3, -0.25) is 0 Å². The molecule has 0 atom stereocenters. The number of nitrogens with zero attached hydrogens (tertiary/aromatic N) is 1. The van der Waals surface area contributed by atoms with E-state index < -0.39 is 10.0 Å². The third-order valence-corrected chi connectivity index (χ3v) is 5.08. The van der Waals surface area contributed by atoms with Gasteiger partial charge in [-0.05, 0) is 24.6 Å². The number of hydrogen-bond donors (Lipinski definition) is 1. The molecule has 0 aliphatic carbocycles. The molecule has 0 aliphatic heterocycles. The number of hydrogen-bond acceptors (Lipinski definition) is 3. The van der Waals surface area contributed by atoms with Crippen LogP contribution in [0.3, 0.4) is 0 Å². The summed E-state index contributed by atoms with van der Waals surface area (Å²) in [5.41, 5.74) is 6.67. The predicted octanol–water partition coefficient (Wildman–Crippen LogP) is 2.26. The first-order chi connectivity index (χ1) is 7.84. The van der Waals surface area contributed by atoms with Crippen LogP contribution >= 0.6 is 11.6 Å². The Morgan fingerprint density at radius 2 is 1.82 bits per heavy atom. The van der Waals surface area contributed by atoms with E-state index in [0.717, 1.165) is 0 Å². The molecule has 0 bridgehead atoms. The lowest BCUT2D eigenvalue weighted by atomic mass is 10.2. The molecule has 0 fully saturated rings. The number of sulfonamides is 1. The van der Waals surface area contributed by atoms with Gasteiger partial charge in [0.25, 0.3) is 0 Å². The number of nitrogens with two attached hydrogens (primary N) is 1. The number of nitrogen functional groups attached to an aromatic ring is 1. The maximum atomic E-state index is 12.3. The number of anilines is 1. The largest absolute Gasteiger partial charge is 0.398 e. The van der Waals surface area contributed by atoms with Crippen molar-refractivity contribution in [1.29, 1.82) is 0 Å². The van der Waals surface area contributed by atoms with Gasteiger partial charge in [-0.2, -0.15) is 4.31 Å². The van der Waals surface area contributed by atoms with Gasteiger partial charge in [-0.25, -0.2) is 8.42 Å². The summed E-state index contributed by atoms with van der Waals surface area (Å²) in [6, 6.07) is 3.00. The van der Waals surface area contributed by atoms with Crippen molar-refractivity contribution >= 4 is 27.3 Å². The van der Waals surface area contributed by atoms with Crippen LogP contribution in [0.2, 0.25) is 5.02 Å². The van der Waals surface area contributed by atoms with Crippen molar-refractivity contribution in [3.8, 4) is 0 Å². The molecule has 1 aromatic carbocycles. The van der Waals surface area contributed by atoms with Crippen LogP contribution in [0.1, 0.15) is 19.4 Å². The molecule has 0 aromatic heterocycles. The quantitative estimate of drug-likeness (QED) is 0.858. The van der Waals surface area contributed by atoms with Gasteiger partial charge in [0.05, 0.1) is 4.90 Å². The third kappa shape index (κ3) is 2.73. The average Bonchev–Trinajstić information content (AvgIpc) is 2.24. The molecule has 0 amide bonds. The lowest BCUT2D eigenvalue weighted by molar-refractivity contribution is 0.445. The third-order valence-electron chi connectivity index (χ3n) is 2.69. The van der Waals surface area contributed by atoms with E-state index in [-0.39, 0.29) is 4.90 Å². The van der Waals surface area contributed by atoms with Crippen LogP contribution < -0.4 is 5.73 Å². The molecular formula is C11H17ClN2O2S. The van der Waals surface area contributed by atoms with Crippen LogP contribution in [0.5, 0.6) is 0 Å². The van der Waals surface area contributed by atoms with E-state index in [1.807, 2.05) is 0 Å². The minimum atomic E-state index is -3.51. The maximum absolute atomic E-state index is 12.3. The second-order valence-electron chi connectivity index (χ2n) is 3.71. The summed E-state index contributed by atoms with van der Waals surface area (Å²) in [6.45, 7) is 6.12. The molecule has 0 saturated carbocycles. The Labute approximate surface area is 107 Å². The topological polar surface area (TPSA) is 63.4 Å². The molecule has 17 heavy (non-hydrogen) atoms. The van der Waals surface area contributed by atoms with E-state index in [1.54, 1.807) is 26.8 Å². The second-order valence-corrected chi connectivity index (χ2v) is 6.05. The normalized spacial score (nSPS) is 12.1. The smallest absolute Gasteiger partial charge is 0.243 e. The van der Waals surface area contributed by atoms with E-state index in [4.69, 9.17) is 17.3 Å². The molecule has 0 spiro atoms. The van der Waals surface area contributed by atoms with Crippen molar-refractivity contribution in [2.75, 3.05) is 18.8 Å². The van der Waals surface area contributed by atoms with E-state index >= 15 is 0 Å². The second kappa shape index (κ2) is 5.25. The fourth-order valence-electron chi connectivity index (χ4n) is 1.64. The van der Waals surface area contributed by atoms with E-state index in [2.05, 4.69) is 0 Å². The Morgan fingerprint density at radius 3 is 2.29 bits per heavy atom. The Balaban J connectivity index is 3.43. The van der Waals surface area contributed by atoms with Gasteiger partial charge in [-0.1, -0.05) is 25.4 Å². The summed E-state index contributed by atoms with van der Waals surface area (Å²) in [5.74, 6) is 0. The van der Waals surface area contributed by atoms with Crippen molar-refractivity contribution in [1.82, 2.24) is 4.31 Å². The number of halogens is 1. The first-order valence-electron chi connectivity index (χ1n) is 5.40. The summed E-state index contributed by atoms with van der Waals surface area (Å²) in [7, 11) is -3.51. The molecule has 6 heteroatoms. The van der Waals surface area contributed by atoms with Crippen LogP contribution in [0.25, 0.3) is 0 Å². The predicted molar refractivity (Wildman–Crippen MR) is 70.7 cm³/mol. The first-order valence-corrected chi connectivity index (χ1v) is 7.22. The van der Waals surface area contributed by atoms with Crippen molar-refractivity contribution in [2.45, 2.75) is 25.7 Å². The van der Waals surface area contributed by atoms with Crippen molar-refractivity contribution < 1.29 is 8.42 Å². The Morgan fingerprint density at radius 1 is 1.29 bits per heavy atom. The average molecular weight is 277 g/mol. The lowest BCUT2D eigenvalue weighted by Crippen LogP contribution is -2.31. The molecule has 0 unspecified atom stereocenters. The van der Waals surface area contributed by atoms with Crippen molar-refractivity contribution in [3.05, 3.63) is 22.7 Å². The highest BCUT2D eigenvalue weighted by Crippen LogP contribution is 2.28. The van der Waals surface area contributed by atoms with E-state index in [1.165, 1.54) is 10.4 Å². The first kappa shape index (κ1) is 14.3. The molecule has 1 aromatic rings. The van der Waals surface area contributed by atoms with Crippen LogP contribution in [0.15, 0.2) is 17.0 Å². The summed E-state index contributed by atoms with van der Waals surface area (Å²) in [6.07, 6.45) is 0. The van der Waals surface area contributed by atoms with Crippen LogP contribution in [0.4, 0.5) is 5.69 Å². The monoisotopic (exact) mass is 276 g/mol. The summed E-state index contributed by atoms with van der Waals surface area (Å²) in [5, 5.41) is 0.332. The number of rotatable bonds is 4. The standard InChI is InChI=1S/C11H17ClN2O2S/c1-4-14(5-2)17(15,16)11-7-9(12)6-10(13)8(11)3/h6-7H,4-5,13H2,1-3H3. The minimum Gasteiger partial charge on any atom is -0.398 e. The zero-order valence-electron chi connectivity index (χ0n) is 10.2. The zero-order valence-corrected chi connectivity index (χ0v) is 11.8. The van der Waals surface area contributed by atoms with Gasteiger partial charge in [-0.15, -0.1) is 0 Å². The Kier molecular flexibility index (Phi) is 4.41. The fraction of sp³-hybridized carbons (Fsp3) is 0.455. The molecule has 0 aliphatic rings. The molecule has 2 N–H and O–H groups in total. The van der Waals surface area contributed by atoms with Crippen LogP contribution in [0, 0.1) is 6.92 Å². The van der Waals surface area contributed by atoms with Gasteiger partial charge in [0.1, 0.15) is 0 Å². The fourth-order valence-corrected chi connectivity index (χ4v) is 3.67. The van der Waals surface area contributed by atoms with Gasteiger partial charge in [0.15, 0.2) is 0 Å². The molecule has 4 nitrogen and oxygen atoms in total. The molecule has 0 radical (unpaired) electrons. The highest BCUT2D eigenvalue weighted by Gasteiger charge is 2.24. The van der Waals surface area contributed by atoms with E-state index in [0.29, 0.717) is 29.4 Å². The van der Waals surface area contributed by atoms with Gasteiger partial charge < -0.3 is 5.73 Å². The Bertz CT molecular complexity index is 510. The SMILES string of the molecule is CCN(CC)S(=O)(=O)c1cc(Cl)cc(N)c1C. The molecule has 0 heterocycles. The maximum Gasteiger partial charge on any atom is 0.243 e. The van der Waals surface area contributed by atoms with Crippen molar-refractivity contribution in [2.24, 2.45) is 0 Å². The highest BCUT2D eigenvalue weighted by molar-refractivity contribution is 7.89. The molecule has 0 saturated heterocycles. The molecule has 96 valence electrons. The summed E-state index contributed by atoms with van der Waals surface area (Å²) in [4.78, 5) is 0.186. The summed E-state index contributed by atoms with van der Waals surface area (Å²) < 4.78 is 26.0. The molecule has 1 rings (SSSR count). The lowest BCUT2D eigenvalue weighted by Gasteiger charge is -2.20.